The van der Waals surface area contributed by atoms with Gasteiger partial charge in [0.15, 0.2) is 17.5 Å². The summed E-state index contributed by atoms with van der Waals surface area (Å²) < 4.78 is 38.5. The second-order valence-corrected chi connectivity index (χ2v) is 4.64. The minimum Gasteiger partial charge on any atom is -0.324 e. The first-order chi connectivity index (χ1) is 6.73. The number of halogens is 3. The molecule has 0 radical (unpaired) electrons. The Morgan fingerprint density at radius 3 is 1.80 bits per heavy atom. The summed E-state index contributed by atoms with van der Waals surface area (Å²) in [4.78, 5) is 0. The molecule has 0 bridgehead atoms. The molecule has 1 atom stereocenters. The van der Waals surface area contributed by atoms with E-state index in [1.807, 2.05) is 20.8 Å². The van der Waals surface area contributed by atoms with Crippen molar-refractivity contribution >= 4 is 0 Å². The van der Waals surface area contributed by atoms with Crippen LogP contribution in [0.3, 0.4) is 0 Å². The van der Waals surface area contributed by atoms with Crippen molar-refractivity contribution in [2.24, 2.45) is 11.1 Å². The van der Waals surface area contributed by atoms with Crippen molar-refractivity contribution in [3.8, 4) is 0 Å². The highest BCUT2D eigenvalue weighted by Gasteiger charge is 2.24. The standard InChI is InChI=1S/C11H14F3N/c1-11(2,3)10(15)6-4-7(12)9(14)8(13)5-6/h4-5,10H,15H2,1-3H3/t10-/m0/s1. The van der Waals surface area contributed by atoms with Crippen LogP contribution in [0.4, 0.5) is 13.2 Å². The molecule has 15 heavy (non-hydrogen) atoms. The highest BCUT2D eigenvalue weighted by molar-refractivity contribution is 5.23. The normalized spacial score (nSPS) is 14.1. The zero-order valence-electron chi connectivity index (χ0n) is 8.94. The van der Waals surface area contributed by atoms with Gasteiger partial charge in [-0.15, -0.1) is 0 Å². The monoisotopic (exact) mass is 217 g/mol. The summed E-state index contributed by atoms with van der Waals surface area (Å²) in [5, 5.41) is 0. The number of nitrogens with two attached hydrogens (primary N) is 1. The summed E-state index contributed by atoms with van der Waals surface area (Å²) in [6.45, 7) is 5.53. The molecule has 2 N–H and O–H groups in total. The first kappa shape index (κ1) is 12.0. The molecule has 84 valence electrons. The predicted molar refractivity (Wildman–Crippen MR) is 52.7 cm³/mol. The molecule has 1 rings (SSSR count). The van der Waals surface area contributed by atoms with Gasteiger partial charge in [0, 0.05) is 6.04 Å². The first-order valence-corrected chi connectivity index (χ1v) is 4.63. The van der Waals surface area contributed by atoms with E-state index >= 15 is 0 Å². The lowest BCUT2D eigenvalue weighted by atomic mass is 9.83. The van der Waals surface area contributed by atoms with Crippen LogP contribution in [0, 0.1) is 22.9 Å². The van der Waals surface area contributed by atoms with Gasteiger partial charge in [-0.2, -0.15) is 0 Å². The zero-order valence-corrected chi connectivity index (χ0v) is 8.94. The maximum atomic E-state index is 12.9. The van der Waals surface area contributed by atoms with Crippen LogP contribution in [0.25, 0.3) is 0 Å². The molecule has 0 saturated heterocycles. The van der Waals surface area contributed by atoms with Crippen molar-refractivity contribution in [1.29, 1.82) is 0 Å². The number of rotatable bonds is 1. The van der Waals surface area contributed by atoms with E-state index in [-0.39, 0.29) is 11.0 Å². The van der Waals surface area contributed by atoms with E-state index in [2.05, 4.69) is 0 Å². The Bertz CT molecular complexity index is 346. The average Bonchev–Trinajstić information content (AvgIpc) is 2.10. The molecule has 0 aromatic heterocycles. The molecule has 0 spiro atoms. The van der Waals surface area contributed by atoms with Crippen molar-refractivity contribution in [3.05, 3.63) is 35.1 Å². The molecular weight excluding hydrogens is 203 g/mol. The molecule has 1 aromatic rings. The highest BCUT2D eigenvalue weighted by Crippen LogP contribution is 2.31. The van der Waals surface area contributed by atoms with E-state index in [4.69, 9.17) is 5.73 Å². The van der Waals surface area contributed by atoms with Gasteiger partial charge in [-0.3, -0.25) is 0 Å². The molecule has 0 fully saturated rings. The maximum Gasteiger partial charge on any atom is 0.194 e. The summed E-state index contributed by atoms with van der Waals surface area (Å²) in [6, 6.07) is 1.34. The predicted octanol–water partition coefficient (Wildman–Crippen LogP) is 3.15. The number of benzene rings is 1. The van der Waals surface area contributed by atoms with Gasteiger partial charge in [-0.05, 0) is 23.1 Å². The molecular formula is C11H14F3N. The minimum absolute atomic E-state index is 0.263. The molecule has 0 aliphatic carbocycles. The van der Waals surface area contributed by atoms with Crippen molar-refractivity contribution in [1.82, 2.24) is 0 Å². The lowest BCUT2D eigenvalue weighted by Gasteiger charge is -2.27. The maximum absolute atomic E-state index is 12.9. The van der Waals surface area contributed by atoms with Crippen LogP contribution in [0.1, 0.15) is 32.4 Å². The largest absolute Gasteiger partial charge is 0.324 e. The number of hydrogen-bond acceptors (Lipinski definition) is 1. The topological polar surface area (TPSA) is 26.0 Å². The van der Waals surface area contributed by atoms with E-state index in [1.165, 1.54) is 0 Å². The lowest BCUT2D eigenvalue weighted by molar-refractivity contribution is 0.323. The second kappa shape index (κ2) is 3.85. The Hall–Kier alpha value is -1.03. The fourth-order valence-electron chi connectivity index (χ4n) is 1.25. The summed E-state index contributed by atoms with van der Waals surface area (Å²) >= 11 is 0. The second-order valence-electron chi connectivity index (χ2n) is 4.64. The van der Waals surface area contributed by atoms with Gasteiger partial charge in [0.25, 0.3) is 0 Å². The quantitative estimate of drug-likeness (QED) is 0.718. The van der Waals surface area contributed by atoms with E-state index in [0.29, 0.717) is 0 Å². The van der Waals surface area contributed by atoms with Crippen molar-refractivity contribution < 1.29 is 13.2 Å². The molecule has 0 aliphatic heterocycles. The van der Waals surface area contributed by atoms with E-state index in [0.717, 1.165) is 12.1 Å². The van der Waals surface area contributed by atoms with Gasteiger partial charge in [-0.1, -0.05) is 20.8 Å². The molecule has 1 nitrogen and oxygen atoms in total. The minimum atomic E-state index is -1.46. The van der Waals surface area contributed by atoms with Crippen molar-refractivity contribution in [3.63, 3.8) is 0 Å². The van der Waals surface area contributed by atoms with Crippen LogP contribution in [0.2, 0.25) is 0 Å². The van der Waals surface area contributed by atoms with E-state index < -0.39 is 23.5 Å². The van der Waals surface area contributed by atoms with Crippen LogP contribution in [0.15, 0.2) is 12.1 Å². The Kier molecular flexibility index (Phi) is 3.09. The van der Waals surface area contributed by atoms with Gasteiger partial charge >= 0.3 is 0 Å². The SMILES string of the molecule is CC(C)(C)[C@@H](N)c1cc(F)c(F)c(F)c1. The Balaban J connectivity index is 3.17. The summed E-state index contributed by atoms with van der Waals surface area (Å²) in [5.41, 5.74) is 5.73. The molecule has 0 aliphatic rings. The Morgan fingerprint density at radius 1 is 1.07 bits per heavy atom. The van der Waals surface area contributed by atoms with Gasteiger partial charge in [-0.25, -0.2) is 13.2 Å². The van der Waals surface area contributed by atoms with Gasteiger partial charge in [0.1, 0.15) is 0 Å². The fourth-order valence-corrected chi connectivity index (χ4v) is 1.25. The van der Waals surface area contributed by atoms with Crippen molar-refractivity contribution in [2.75, 3.05) is 0 Å². The number of hydrogen-bond donors (Lipinski definition) is 1. The van der Waals surface area contributed by atoms with E-state index in [1.54, 1.807) is 0 Å². The smallest absolute Gasteiger partial charge is 0.194 e. The summed E-state index contributed by atoms with van der Waals surface area (Å²) in [5.74, 6) is -3.87. The molecule has 1 aromatic carbocycles. The van der Waals surface area contributed by atoms with Crippen LogP contribution < -0.4 is 5.73 Å². The fraction of sp³-hybridized carbons (Fsp3) is 0.455. The molecule has 0 saturated carbocycles. The van der Waals surface area contributed by atoms with Crippen LogP contribution in [0.5, 0.6) is 0 Å². The van der Waals surface area contributed by atoms with Gasteiger partial charge < -0.3 is 5.73 Å². The molecule has 0 amide bonds. The summed E-state index contributed by atoms with van der Waals surface area (Å²) in [7, 11) is 0. The van der Waals surface area contributed by atoms with Gasteiger partial charge in [0.2, 0.25) is 0 Å². The molecule has 0 heterocycles. The third kappa shape index (κ3) is 2.50. The van der Waals surface area contributed by atoms with Crippen LogP contribution in [-0.2, 0) is 0 Å². The highest BCUT2D eigenvalue weighted by atomic mass is 19.2. The Labute approximate surface area is 87.1 Å². The van der Waals surface area contributed by atoms with Crippen LogP contribution in [-0.4, -0.2) is 0 Å². The lowest BCUT2D eigenvalue weighted by Crippen LogP contribution is -2.26. The summed E-state index contributed by atoms with van der Waals surface area (Å²) in [6.07, 6.45) is 0. The average molecular weight is 217 g/mol. The third-order valence-electron chi connectivity index (χ3n) is 2.30. The Morgan fingerprint density at radius 2 is 1.47 bits per heavy atom. The first-order valence-electron chi connectivity index (χ1n) is 4.63. The van der Waals surface area contributed by atoms with Crippen LogP contribution >= 0.6 is 0 Å². The zero-order chi connectivity index (χ0) is 11.8. The third-order valence-corrected chi connectivity index (χ3v) is 2.30. The molecule has 4 heteroatoms. The van der Waals surface area contributed by atoms with E-state index in [9.17, 15) is 13.2 Å². The molecule has 0 unspecified atom stereocenters. The van der Waals surface area contributed by atoms with Gasteiger partial charge in [0.05, 0.1) is 0 Å². The van der Waals surface area contributed by atoms with Crippen molar-refractivity contribution in [2.45, 2.75) is 26.8 Å².